The van der Waals surface area contributed by atoms with Gasteiger partial charge in [-0.15, -0.1) is 0 Å². The molecule has 280 valence electrons. The first-order valence-electron chi connectivity index (χ1n) is 17.5. The Morgan fingerprint density at radius 3 is 2.04 bits per heavy atom. The second-order valence-electron chi connectivity index (χ2n) is 14.4. The van der Waals surface area contributed by atoms with E-state index in [1.54, 1.807) is 36.4 Å². The van der Waals surface area contributed by atoms with Gasteiger partial charge in [-0.3, -0.25) is 5.04 Å². The van der Waals surface area contributed by atoms with Crippen LogP contribution in [0.1, 0.15) is 51.7 Å². The van der Waals surface area contributed by atoms with Gasteiger partial charge in [0.25, 0.3) is 0 Å². The fourth-order valence-corrected chi connectivity index (χ4v) is 8.68. The summed E-state index contributed by atoms with van der Waals surface area (Å²) in [5, 5.41) is 13.8. The van der Waals surface area contributed by atoms with Crippen molar-refractivity contribution in [3.05, 3.63) is 154 Å². The van der Waals surface area contributed by atoms with Gasteiger partial charge < -0.3 is 14.7 Å². The van der Waals surface area contributed by atoms with Crippen molar-refractivity contribution < 1.29 is 32.2 Å². The Kier molecular flexibility index (Phi) is 11.6. The molecule has 3 aliphatic rings. The van der Waals surface area contributed by atoms with Crippen LogP contribution in [-0.4, -0.2) is 37.4 Å². The Balaban J connectivity index is 0.000000212. The molecule has 54 heavy (non-hydrogen) atoms. The Labute approximate surface area is 327 Å². The summed E-state index contributed by atoms with van der Waals surface area (Å²) in [6.07, 6.45) is 11.0. The molecule has 0 aromatic heterocycles. The fourth-order valence-electron chi connectivity index (χ4n) is 7.54. The zero-order valence-corrected chi connectivity index (χ0v) is 33.4. The van der Waals surface area contributed by atoms with Crippen LogP contribution in [0.5, 0.6) is 0 Å². The normalized spacial score (nSPS) is 18.8. The van der Waals surface area contributed by atoms with Gasteiger partial charge in [-0.25, -0.2) is 8.42 Å². The predicted octanol–water partition coefficient (Wildman–Crippen LogP) is 9.26. The minimum atomic E-state index is -4.43. The highest BCUT2D eigenvalue weighted by Gasteiger charge is 2.42. The van der Waals surface area contributed by atoms with Crippen molar-refractivity contribution in [3.63, 3.8) is 0 Å². The quantitative estimate of drug-likeness (QED) is 0.0573. The minimum absolute atomic E-state index is 0.0236. The van der Waals surface area contributed by atoms with Gasteiger partial charge in [-0.1, -0.05) is 98.3 Å². The molecule has 0 fully saturated rings. The predicted molar refractivity (Wildman–Crippen MR) is 213 cm³/mol. The van der Waals surface area contributed by atoms with Gasteiger partial charge >= 0.3 is 0 Å². The molecule has 0 radical (unpaired) electrons. The van der Waals surface area contributed by atoms with Gasteiger partial charge in [0, 0.05) is 51.5 Å². The number of hydrogen-bond acceptors (Lipinski definition) is 8. The van der Waals surface area contributed by atoms with E-state index in [0.717, 1.165) is 41.0 Å². The molecule has 8 nitrogen and oxygen atoms in total. The van der Waals surface area contributed by atoms with Crippen LogP contribution in [0.2, 0.25) is 0 Å². The molecule has 0 atom stereocenters. The topological polar surface area (TPSA) is 105 Å². The van der Waals surface area contributed by atoms with Gasteiger partial charge in [0.05, 0.1) is 22.4 Å². The largest absolute Gasteiger partial charge is 0.744 e. The van der Waals surface area contributed by atoms with Crippen LogP contribution in [0.15, 0.2) is 153 Å². The zero-order valence-electron chi connectivity index (χ0n) is 31.0. The summed E-state index contributed by atoms with van der Waals surface area (Å²) in [7, 11) is -0.112. The lowest BCUT2D eigenvalue weighted by Gasteiger charge is -2.23. The number of benzene rings is 4. The third-order valence-corrected chi connectivity index (χ3v) is 12.4. The number of likely N-dealkylation sites (N-methyl/N-ethyl adjacent to an activating group) is 1. The van der Waals surface area contributed by atoms with Gasteiger partial charge in [0.1, 0.15) is 17.2 Å². The Bertz CT molecular complexity index is 2320. The number of anilines is 1. The first kappa shape index (κ1) is 39.4. The Morgan fingerprint density at radius 2 is 1.43 bits per heavy atom. The Hall–Kier alpha value is -4.26. The van der Waals surface area contributed by atoms with Crippen molar-refractivity contribution in [1.82, 2.24) is 0 Å². The van der Waals surface area contributed by atoms with Crippen molar-refractivity contribution >= 4 is 50.8 Å². The molecule has 0 bridgehead atoms. The average molecular weight is 782 g/mol. The lowest BCUT2D eigenvalue weighted by atomic mass is 9.81. The van der Waals surface area contributed by atoms with E-state index in [-0.39, 0.29) is 15.7 Å². The van der Waals surface area contributed by atoms with Crippen molar-refractivity contribution in [3.8, 4) is 11.1 Å². The van der Waals surface area contributed by atoms with Gasteiger partial charge in [-0.2, -0.15) is 8.91 Å². The molecule has 0 amide bonds. The molecule has 1 aliphatic carbocycles. The SMILES string of the molecule is CN1/C(=C/C=C2\CCC(/C=C/C3=[N+](C)c4ccccc4C3(C)C)=C2Cl)C(C)(C)c2ccccc21.O=S(=O)([O-])c1ccc(-c2ccc(SOO[O-])cc2)cc1. The summed E-state index contributed by atoms with van der Waals surface area (Å²) >= 11 is 7.68. The molecule has 0 unspecified atom stereocenters. The summed E-state index contributed by atoms with van der Waals surface area (Å²) in [5.74, 6) is 0. The summed E-state index contributed by atoms with van der Waals surface area (Å²) < 4.78 is 38.9. The van der Waals surface area contributed by atoms with Crippen LogP contribution in [0.4, 0.5) is 11.4 Å². The lowest BCUT2D eigenvalue weighted by Crippen LogP contribution is -2.26. The first-order chi connectivity index (χ1) is 25.6. The van der Waals surface area contributed by atoms with E-state index in [1.807, 2.05) is 0 Å². The molecule has 0 saturated carbocycles. The van der Waals surface area contributed by atoms with Crippen LogP contribution in [0.3, 0.4) is 0 Å². The molecule has 2 heterocycles. The van der Waals surface area contributed by atoms with Crippen LogP contribution in [0, 0.1) is 0 Å². The summed E-state index contributed by atoms with van der Waals surface area (Å²) in [6.45, 7) is 9.20. The smallest absolute Gasteiger partial charge is 0.209 e. The molecule has 2 aliphatic heterocycles. The number of halogens is 1. The monoisotopic (exact) mass is 781 g/mol. The number of fused-ring (bicyclic) bond motifs is 2. The molecule has 0 N–H and O–H groups in total. The van der Waals surface area contributed by atoms with Crippen molar-refractivity contribution in [2.24, 2.45) is 0 Å². The second-order valence-corrected chi connectivity index (χ2v) is 17.0. The first-order valence-corrected chi connectivity index (χ1v) is 20.0. The van der Waals surface area contributed by atoms with Gasteiger partial charge in [0.2, 0.25) is 5.69 Å². The maximum absolute atomic E-state index is 10.8. The number of para-hydroxylation sites is 2. The summed E-state index contributed by atoms with van der Waals surface area (Å²) in [6, 6.07) is 29.9. The third-order valence-electron chi connectivity index (χ3n) is 10.5. The molecular formula is C43H42ClN2O6S2-. The van der Waals surface area contributed by atoms with Crippen molar-refractivity contribution in [1.29, 1.82) is 0 Å². The number of hydrogen-bond donors (Lipinski definition) is 0. The second kappa shape index (κ2) is 15.8. The maximum Gasteiger partial charge on any atom is 0.209 e. The minimum Gasteiger partial charge on any atom is -0.744 e. The van der Waals surface area contributed by atoms with Crippen molar-refractivity contribution in [2.75, 3.05) is 19.0 Å². The third kappa shape index (κ3) is 7.92. The maximum atomic E-state index is 10.8. The van der Waals surface area contributed by atoms with E-state index in [0.29, 0.717) is 4.90 Å². The molecule has 4 aromatic rings. The molecule has 0 spiro atoms. The van der Waals surface area contributed by atoms with Crippen LogP contribution in [0.25, 0.3) is 11.1 Å². The van der Waals surface area contributed by atoms with Crippen molar-refractivity contribution in [2.45, 2.75) is 61.2 Å². The summed E-state index contributed by atoms with van der Waals surface area (Å²) in [5.41, 5.74) is 11.9. The molecule has 0 saturated heterocycles. The molecule has 7 rings (SSSR count). The summed E-state index contributed by atoms with van der Waals surface area (Å²) in [4.78, 5) is 2.71. The van der Waals surface area contributed by atoms with Crippen LogP contribution < -0.4 is 10.2 Å². The number of allylic oxidation sites excluding steroid dienone is 8. The molecule has 4 aromatic carbocycles. The van der Waals surface area contributed by atoms with E-state index < -0.39 is 10.1 Å². The van der Waals surface area contributed by atoms with Crippen LogP contribution in [-0.2, 0) is 30.3 Å². The number of rotatable bonds is 8. The average Bonchev–Trinajstić information content (AvgIpc) is 3.68. The van der Waals surface area contributed by atoms with Gasteiger partial charge in [-0.05, 0) is 90.9 Å². The van der Waals surface area contributed by atoms with E-state index in [9.17, 15) is 18.2 Å². The molecule has 11 heteroatoms. The Morgan fingerprint density at radius 1 is 0.815 bits per heavy atom. The van der Waals surface area contributed by atoms with E-state index in [2.05, 4.69) is 133 Å². The van der Waals surface area contributed by atoms with E-state index in [1.165, 1.54) is 57.2 Å². The van der Waals surface area contributed by atoms with E-state index in [4.69, 9.17) is 11.6 Å². The standard InChI is InChI=1S/C31H34ClN2.C12H10O6S2/c1-30(2)23-11-7-9-13-25(23)33(5)27(30)19-17-21-15-16-22(29(21)32)18-20-28-31(3,4)24-12-8-10-14-26(24)34(28)6;13-17-18-19-11-5-1-9(2-6-11)10-3-7-12(8-4-10)20(14,15)16/h7-14,17-20H,15-16H2,1-6H3;1-8,13H,(H,14,15,16)/q+1;/p-2. The highest BCUT2D eigenvalue weighted by Crippen LogP contribution is 2.47. The fraction of sp³-hybridized carbons (Fsp3) is 0.233. The zero-order chi connectivity index (χ0) is 38.8. The highest BCUT2D eigenvalue weighted by atomic mass is 35.5. The highest BCUT2D eigenvalue weighted by molar-refractivity contribution is 7.94. The lowest BCUT2D eigenvalue weighted by molar-refractivity contribution is -0.777. The van der Waals surface area contributed by atoms with Crippen LogP contribution >= 0.6 is 23.6 Å². The number of nitrogens with zero attached hydrogens (tertiary/aromatic N) is 2. The van der Waals surface area contributed by atoms with E-state index >= 15 is 0 Å². The molecular weight excluding hydrogens is 740 g/mol. The van der Waals surface area contributed by atoms with Gasteiger partial charge in [0.15, 0.2) is 5.71 Å².